The van der Waals surface area contributed by atoms with E-state index in [9.17, 15) is 0 Å². The Bertz CT molecular complexity index is 143. The predicted octanol–water partition coefficient (Wildman–Crippen LogP) is 2.21. The second-order valence-electron chi connectivity index (χ2n) is 2.62. The summed E-state index contributed by atoms with van der Waals surface area (Å²) in [6.07, 6.45) is 8.04. The number of allylic oxidation sites excluding steroid dienone is 4. The van der Waals surface area contributed by atoms with E-state index >= 15 is 0 Å². The summed E-state index contributed by atoms with van der Waals surface area (Å²) < 4.78 is 2.74. The van der Waals surface area contributed by atoms with Crippen LogP contribution in [0, 0.1) is 0 Å². The monoisotopic (exact) mass is 208 g/mol. The average Bonchev–Trinajstić information content (AvgIpc) is 2.15. The molecule has 9 heavy (non-hydrogen) atoms. The fraction of sp³-hybridized carbons (Fsp3) is 0.500. The van der Waals surface area contributed by atoms with Crippen LogP contribution in [0.25, 0.3) is 0 Å². The fourth-order valence-electron chi connectivity index (χ4n) is 0.925. The summed E-state index contributed by atoms with van der Waals surface area (Å²) in [7, 11) is 0. The van der Waals surface area contributed by atoms with Gasteiger partial charge in [0.2, 0.25) is 0 Å². The molecule has 0 amide bonds. The van der Waals surface area contributed by atoms with E-state index in [0.717, 1.165) is 4.31 Å². The van der Waals surface area contributed by atoms with Gasteiger partial charge in [-0.25, -0.2) is 0 Å². The molecule has 0 aromatic rings. The van der Waals surface area contributed by atoms with Crippen LogP contribution in [0.5, 0.6) is 0 Å². The summed E-state index contributed by atoms with van der Waals surface area (Å²) in [5, 5.41) is 0. The van der Waals surface area contributed by atoms with Crippen LogP contribution in [0.15, 0.2) is 22.2 Å². The van der Waals surface area contributed by atoms with Gasteiger partial charge in [-0.1, -0.05) is 0 Å². The zero-order valence-electron chi connectivity index (χ0n) is 6.02. The van der Waals surface area contributed by atoms with Crippen molar-refractivity contribution < 1.29 is 18.6 Å². The summed E-state index contributed by atoms with van der Waals surface area (Å²) in [5.41, 5.74) is 0. The molecule has 0 aromatic heterocycles. The number of rotatable bonds is 2. The molecule has 0 N–H and O–H groups in total. The fourth-order valence-corrected chi connectivity index (χ4v) is 3.80. The van der Waals surface area contributed by atoms with E-state index < -0.39 is 0 Å². The van der Waals surface area contributed by atoms with Crippen molar-refractivity contribution in [3.05, 3.63) is 22.2 Å². The minimum atomic E-state index is -0.136. The third-order valence-electron chi connectivity index (χ3n) is 1.25. The number of hydrogen-bond donors (Lipinski definition) is 0. The average molecular weight is 206 g/mol. The number of hydrogen-bond acceptors (Lipinski definition) is 0. The summed E-state index contributed by atoms with van der Waals surface area (Å²) >= 11 is -0.136. The van der Waals surface area contributed by atoms with Crippen LogP contribution in [0.3, 0.4) is 0 Å². The Morgan fingerprint density at radius 3 is 2.78 bits per heavy atom. The van der Waals surface area contributed by atoms with E-state index in [1.54, 1.807) is 3.96 Å². The van der Waals surface area contributed by atoms with Crippen molar-refractivity contribution in [3.8, 4) is 0 Å². The summed E-state index contributed by atoms with van der Waals surface area (Å²) in [4.78, 5) is 0. The van der Waals surface area contributed by atoms with Gasteiger partial charge in [0.25, 0.3) is 0 Å². The quantitative estimate of drug-likeness (QED) is 0.607. The second-order valence-corrected chi connectivity index (χ2v) is 7.75. The third kappa shape index (κ3) is 2.49. The normalized spacial score (nSPS) is 19.2. The maximum atomic E-state index is 2.34. The Morgan fingerprint density at radius 1 is 1.56 bits per heavy atom. The molecule has 0 bridgehead atoms. The molecule has 1 aliphatic rings. The molecule has 1 heteroatoms. The van der Waals surface area contributed by atoms with Crippen LogP contribution >= 0.6 is 0 Å². The Hall–Kier alpha value is 0.168. The first-order chi connectivity index (χ1) is 4.29. The Morgan fingerprint density at radius 2 is 2.33 bits per heavy atom. The van der Waals surface area contributed by atoms with Gasteiger partial charge in [0.05, 0.1) is 0 Å². The van der Waals surface area contributed by atoms with Crippen LogP contribution in [0.4, 0.5) is 0 Å². The molecule has 0 saturated heterocycles. The van der Waals surface area contributed by atoms with Crippen molar-refractivity contribution in [2.45, 2.75) is 24.6 Å². The van der Waals surface area contributed by atoms with Gasteiger partial charge >= 0.3 is 65.3 Å². The molecule has 0 nitrogen and oxygen atoms in total. The van der Waals surface area contributed by atoms with E-state index in [4.69, 9.17) is 0 Å². The zero-order valence-corrected chi connectivity index (χ0v) is 8.47. The van der Waals surface area contributed by atoms with Crippen molar-refractivity contribution in [2.75, 3.05) is 0 Å². The van der Waals surface area contributed by atoms with Gasteiger partial charge in [-0.15, -0.1) is 0 Å². The van der Waals surface area contributed by atoms with Gasteiger partial charge in [-0.3, -0.25) is 0 Å². The van der Waals surface area contributed by atoms with Crippen LogP contribution < -0.4 is 0 Å². The first kappa shape index (κ1) is 7.28. The van der Waals surface area contributed by atoms with E-state index in [1.165, 1.54) is 6.42 Å². The third-order valence-corrected chi connectivity index (χ3v) is 4.49. The zero-order chi connectivity index (χ0) is 6.69. The van der Waals surface area contributed by atoms with E-state index in [1.807, 2.05) is 0 Å². The van der Waals surface area contributed by atoms with Gasteiger partial charge in [-0.2, -0.15) is 0 Å². The van der Waals surface area contributed by atoms with Crippen LogP contribution in [-0.4, -0.2) is 0 Å². The molecule has 0 heterocycles. The maximum absolute atomic E-state index is 2.34. The Labute approximate surface area is 65.6 Å². The SMILES string of the molecule is C[CH](C)[MoH2][C]1=CC=CC1. The van der Waals surface area contributed by atoms with Crippen molar-refractivity contribution in [3.63, 3.8) is 0 Å². The van der Waals surface area contributed by atoms with Gasteiger partial charge in [0, 0.05) is 0 Å². The van der Waals surface area contributed by atoms with Crippen LogP contribution in [-0.2, 0) is 18.6 Å². The molecule has 1 aliphatic carbocycles. The Balaban J connectivity index is 2.30. The van der Waals surface area contributed by atoms with Gasteiger partial charge in [0.15, 0.2) is 0 Å². The summed E-state index contributed by atoms with van der Waals surface area (Å²) in [6, 6.07) is 0. The molecular formula is C8H14Mo. The first-order valence-electron chi connectivity index (χ1n) is 3.41. The molecule has 0 atom stereocenters. The second kappa shape index (κ2) is 3.37. The van der Waals surface area contributed by atoms with Crippen molar-refractivity contribution in [2.24, 2.45) is 0 Å². The van der Waals surface area contributed by atoms with E-state index in [-0.39, 0.29) is 18.6 Å². The van der Waals surface area contributed by atoms with E-state index in [2.05, 4.69) is 32.1 Å². The topological polar surface area (TPSA) is 0 Å². The molecule has 0 aromatic carbocycles. The van der Waals surface area contributed by atoms with Gasteiger partial charge in [-0.05, 0) is 0 Å². The van der Waals surface area contributed by atoms with Crippen LogP contribution in [0.2, 0.25) is 4.31 Å². The molecule has 52 valence electrons. The molecule has 0 radical (unpaired) electrons. The predicted molar refractivity (Wildman–Crippen MR) is 39.7 cm³/mol. The van der Waals surface area contributed by atoms with Crippen LogP contribution in [0.1, 0.15) is 20.3 Å². The molecule has 0 aliphatic heterocycles. The standard InChI is InChI=1S/C5H5.C3H7.Mo.2H/c1-2-4-5-3-1;1-3-2;;;/h1-3H,4H2;3H,1-2H3;;;. The minimum absolute atomic E-state index is 0.136. The summed E-state index contributed by atoms with van der Waals surface area (Å²) in [5.74, 6) is 0. The van der Waals surface area contributed by atoms with Gasteiger partial charge < -0.3 is 0 Å². The van der Waals surface area contributed by atoms with Crippen molar-refractivity contribution in [1.82, 2.24) is 0 Å². The molecule has 0 unspecified atom stereocenters. The van der Waals surface area contributed by atoms with E-state index in [0.29, 0.717) is 0 Å². The molecule has 0 spiro atoms. The molecule has 0 saturated carbocycles. The molecular weight excluding hydrogens is 192 g/mol. The van der Waals surface area contributed by atoms with Crippen molar-refractivity contribution >= 4 is 0 Å². The molecule has 1 rings (SSSR count). The Kier molecular flexibility index (Phi) is 2.72. The van der Waals surface area contributed by atoms with Gasteiger partial charge in [0.1, 0.15) is 0 Å². The van der Waals surface area contributed by atoms with Crippen molar-refractivity contribution in [1.29, 1.82) is 0 Å². The first-order valence-corrected chi connectivity index (χ1v) is 6.06. The summed E-state index contributed by atoms with van der Waals surface area (Å²) in [6.45, 7) is 4.68. The molecule has 0 fully saturated rings.